The SMILES string of the molecule is COC(=O)c1cc2cc(OCc3ccccc3)ccc2n1C(C)(C)CC(C)(C)C. The molecule has 0 fully saturated rings. The Balaban J connectivity index is 2.00. The Morgan fingerprint density at radius 2 is 1.66 bits per heavy atom. The molecule has 0 amide bonds. The van der Waals surface area contributed by atoms with Crippen molar-refractivity contribution in [1.82, 2.24) is 4.57 Å². The van der Waals surface area contributed by atoms with Crippen molar-refractivity contribution in [3.63, 3.8) is 0 Å². The van der Waals surface area contributed by atoms with E-state index in [0.29, 0.717) is 12.3 Å². The number of esters is 1. The summed E-state index contributed by atoms with van der Waals surface area (Å²) in [5, 5.41) is 0.970. The van der Waals surface area contributed by atoms with Crippen molar-refractivity contribution in [2.24, 2.45) is 5.41 Å². The van der Waals surface area contributed by atoms with Crippen LogP contribution >= 0.6 is 0 Å². The lowest BCUT2D eigenvalue weighted by Crippen LogP contribution is -2.33. The summed E-state index contributed by atoms with van der Waals surface area (Å²) in [6.07, 6.45) is 0.917. The molecule has 154 valence electrons. The van der Waals surface area contributed by atoms with Gasteiger partial charge in [-0.3, -0.25) is 0 Å². The number of aromatic nitrogens is 1. The molecule has 2 aromatic carbocycles. The third-order valence-electron chi connectivity index (χ3n) is 4.98. The summed E-state index contributed by atoms with van der Waals surface area (Å²) in [6.45, 7) is 11.5. The Labute approximate surface area is 173 Å². The molecule has 0 N–H and O–H groups in total. The highest BCUT2D eigenvalue weighted by Gasteiger charge is 2.32. The highest BCUT2D eigenvalue weighted by Crippen LogP contribution is 2.37. The first kappa shape index (κ1) is 21.0. The summed E-state index contributed by atoms with van der Waals surface area (Å²) in [7, 11) is 1.43. The molecule has 0 unspecified atom stereocenters. The normalized spacial score (nSPS) is 12.2. The average Bonchev–Trinajstić information content (AvgIpc) is 3.04. The number of fused-ring (bicyclic) bond motifs is 1. The number of hydrogen-bond donors (Lipinski definition) is 0. The van der Waals surface area contributed by atoms with Gasteiger partial charge < -0.3 is 14.0 Å². The summed E-state index contributed by atoms with van der Waals surface area (Å²) >= 11 is 0. The Hall–Kier alpha value is -2.75. The standard InChI is InChI=1S/C25H31NO3/c1-24(2,3)17-25(4,5)26-21-13-12-20(29-16-18-10-8-7-9-11-18)14-19(21)15-22(26)23(27)28-6/h7-15H,16-17H2,1-6H3. The molecule has 1 heterocycles. The van der Waals surface area contributed by atoms with E-state index in [2.05, 4.69) is 39.2 Å². The van der Waals surface area contributed by atoms with Crippen LogP contribution in [0.25, 0.3) is 10.9 Å². The van der Waals surface area contributed by atoms with Crippen molar-refractivity contribution in [2.45, 2.75) is 53.2 Å². The van der Waals surface area contributed by atoms with Gasteiger partial charge in [0.05, 0.1) is 7.11 Å². The van der Waals surface area contributed by atoms with E-state index in [-0.39, 0.29) is 16.9 Å². The van der Waals surface area contributed by atoms with Crippen LogP contribution in [0.2, 0.25) is 0 Å². The summed E-state index contributed by atoms with van der Waals surface area (Å²) in [4.78, 5) is 12.5. The van der Waals surface area contributed by atoms with E-state index in [0.717, 1.165) is 28.6 Å². The van der Waals surface area contributed by atoms with Crippen LogP contribution in [0.1, 0.15) is 57.1 Å². The van der Waals surface area contributed by atoms with Crippen LogP contribution in [0, 0.1) is 5.41 Å². The highest BCUT2D eigenvalue weighted by atomic mass is 16.5. The molecule has 4 nitrogen and oxygen atoms in total. The lowest BCUT2D eigenvalue weighted by Gasteiger charge is -2.35. The van der Waals surface area contributed by atoms with Crippen LogP contribution in [0.15, 0.2) is 54.6 Å². The van der Waals surface area contributed by atoms with E-state index >= 15 is 0 Å². The number of benzene rings is 2. The summed E-state index contributed by atoms with van der Waals surface area (Å²) in [5.74, 6) is 0.457. The number of carbonyl (C=O) groups excluding carboxylic acids is 1. The lowest BCUT2D eigenvalue weighted by molar-refractivity contribution is 0.0577. The zero-order valence-electron chi connectivity index (χ0n) is 18.3. The van der Waals surface area contributed by atoms with Crippen molar-refractivity contribution in [3.8, 4) is 5.75 Å². The van der Waals surface area contributed by atoms with E-state index in [9.17, 15) is 4.79 Å². The van der Waals surface area contributed by atoms with Crippen LogP contribution in [-0.4, -0.2) is 17.6 Å². The Kier molecular flexibility index (Phi) is 5.74. The molecule has 29 heavy (non-hydrogen) atoms. The predicted molar refractivity (Wildman–Crippen MR) is 117 cm³/mol. The molecular weight excluding hydrogens is 362 g/mol. The quantitative estimate of drug-likeness (QED) is 0.470. The zero-order valence-corrected chi connectivity index (χ0v) is 18.3. The van der Waals surface area contributed by atoms with Gasteiger partial charge in [0.15, 0.2) is 0 Å². The summed E-state index contributed by atoms with van der Waals surface area (Å²) in [6, 6.07) is 18.0. The van der Waals surface area contributed by atoms with Crippen molar-refractivity contribution < 1.29 is 14.3 Å². The second-order valence-corrected chi connectivity index (χ2v) is 9.40. The lowest BCUT2D eigenvalue weighted by atomic mass is 9.81. The summed E-state index contributed by atoms with van der Waals surface area (Å²) < 4.78 is 13.2. The minimum Gasteiger partial charge on any atom is -0.489 e. The van der Waals surface area contributed by atoms with Crippen LogP contribution in [0.5, 0.6) is 5.75 Å². The van der Waals surface area contributed by atoms with Gasteiger partial charge in [-0.2, -0.15) is 0 Å². The van der Waals surface area contributed by atoms with Crippen LogP contribution in [0.4, 0.5) is 0 Å². The van der Waals surface area contributed by atoms with Gasteiger partial charge >= 0.3 is 5.97 Å². The fraction of sp³-hybridized carbons (Fsp3) is 0.400. The first-order valence-corrected chi connectivity index (χ1v) is 10.0. The Morgan fingerprint density at radius 3 is 2.28 bits per heavy atom. The van der Waals surface area contributed by atoms with E-state index in [4.69, 9.17) is 9.47 Å². The minimum absolute atomic E-state index is 0.117. The largest absolute Gasteiger partial charge is 0.489 e. The smallest absolute Gasteiger partial charge is 0.354 e. The maximum absolute atomic E-state index is 12.5. The average molecular weight is 394 g/mol. The molecule has 0 aliphatic carbocycles. The van der Waals surface area contributed by atoms with Crippen molar-refractivity contribution in [2.75, 3.05) is 7.11 Å². The number of hydrogen-bond acceptors (Lipinski definition) is 3. The molecule has 0 saturated heterocycles. The monoisotopic (exact) mass is 393 g/mol. The molecular formula is C25H31NO3. The third-order valence-corrected chi connectivity index (χ3v) is 4.98. The number of ether oxygens (including phenoxy) is 2. The van der Waals surface area contributed by atoms with Crippen molar-refractivity contribution >= 4 is 16.9 Å². The van der Waals surface area contributed by atoms with Crippen LogP contribution in [0.3, 0.4) is 0 Å². The van der Waals surface area contributed by atoms with E-state index < -0.39 is 0 Å². The van der Waals surface area contributed by atoms with Crippen molar-refractivity contribution in [3.05, 3.63) is 65.9 Å². The zero-order chi connectivity index (χ0) is 21.2. The van der Waals surface area contributed by atoms with Gasteiger partial charge in [0, 0.05) is 16.4 Å². The Morgan fingerprint density at radius 1 is 0.966 bits per heavy atom. The maximum atomic E-state index is 12.5. The van der Waals surface area contributed by atoms with E-state index in [1.54, 1.807) is 0 Å². The molecule has 3 aromatic rings. The van der Waals surface area contributed by atoms with E-state index in [1.165, 1.54) is 7.11 Å². The first-order valence-electron chi connectivity index (χ1n) is 10.0. The molecule has 0 spiro atoms. The molecule has 0 aliphatic heterocycles. The molecule has 0 aliphatic rings. The van der Waals surface area contributed by atoms with Gasteiger partial charge in [0.2, 0.25) is 0 Å². The van der Waals surface area contributed by atoms with Gasteiger partial charge in [0.1, 0.15) is 18.1 Å². The third kappa shape index (κ3) is 4.81. The maximum Gasteiger partial charge on any atom is 0.354 e. The number of methoxy groups -OCH3 is 1. The van der Waals surface area contributed by atoms with Gasteiger partial charge in [-0.1, -0.05) is 51.1 Å². The predicted octanol–water partition coefficient (Wildman–Crippen LogP) is 6.18. The van der Waals surface area contributed by atoms with Crippen LogP contribution < -0.4 is 4.74 Å². The number of carbonyl (C=O) groups is 1. The van der Waals surface area contributed by atoms with Gasteiger partial charge in [-0.15, -0.1) is 0 Å². The fourth-order valence-corrected chi connectivity index (χ4v) is 4.31. The van der Waals surface area contributed by atoms with Gasteiger partial charge in [-0.05, 0) is 55.5 Å². The summed E-state index contributed by atoms with van der Waals surface area (Å²) in [5.41, 5.74) is 2.55. The molecule has 0 saturated carbocycles. The molecule has 4 heteroatoms. The molecule has 0 bridgehead atoms. The minimum atomic E-state index is -0.324. The highest BCUT2D eigenvalue weighted by molar-refractivity contribution is 5.96. The molecule has 0 radical (unpaired) electrons. The second-order valence-electron chi connectivity index (χ2n) is 9.40. The van der Waals surface area contributed by atoms with Crippen molar-refractivity contribution in [1.29, 1.82) is 0 Å². The van der Waals surface area contributed by atoms with Gasteiger partial charge in [-0.25, -0.2) is 4.79 Å². The topological polar surface area (TPSA) is 40.5 Å². The number of nitrogens with zero attached hydrogens (tertiary/aromatic N) is 1. The molecule has 3 rings (SSSR count). The number of rotatable bonds is 6. The molecule has 0 atom stereocenters. The fourth-order valence-electron chi connectivity index (χ4n) is 4.31. The van der Waals surface area contributed by atoms with Gasteiger partial charge in [0.25, 0.3) is 0 Å². The van der Waals surface area contributed by atoms with Crippen LogP contribution in [-0.2, 0) is 16.9 Å². The molecule has 1 aromatic heterocycles. The Bertz CT molecular complexity index is 994. The second kappa shape index (κ2) is 7.94. The first-order chi connectivity index (χ1) is 13.6. The van der Waals surface area contributed by atoms with E-state index in [1.807, 2.05) is 54.6 Å².